The van der Waals surface area contributed by atoms with E-state index in [0.29, 0.717) is 30.0 Å². The van der Waals surface area contributed by atoms with E-state index in [0.717, 1.165) is 18.7 Å². The maximum absolute atomic E-state index is 12.1. The molecule has 0 bridgehead atoms. The zero-order chi connectivity index (χ0) is 15.6. The van der Waals surface area contributed by atoms with Crippen LogP contribution in [0.5, 0.6) is 0 Å². The highest BCUT2D eigenvalue weighted by Gasteiger charge is 2.23. The summed E-state index contributed by atoms with van der Waals surface area (Å²) in [6, 6.07) is 2.81. The number of amides is 1. The molecule has 114 valence electrons. The summed E-state index contributed by atoms with van der Waals surface area (Å²) in [6.07, 6.45) is 0. The summed E-state index contributed by atoms with van der Waals surface area (Å²) in [5.74, 6) is 0.765. The summed E-state index contributed by atoms with van der Waals surface area (Å²) in [4.78, 5) is 14.2. The van der Waals surface area contributed by atoms with Crippen molar-refractivity contribution in [1.29, 1.82) is 5.26 Å². The monoisotopic (exact) mass is 290 g/mol. The topological polar surface area (TPSA) is 81.3 Å². The van der Waals surface area contributed by atoms with Gasteiger partial charge in [-0.25, -0.2) is 0 Å². The number of furan rings is 1. The summed E-state index contributed by atoms with van der Waals surface area (Å²) >= 11 is 0. The van der Waals surface area contributed by atoms with Gasteiger partial charge >= 0.3 is 0 Å². The summed E-state index contributed by atoms with van der Waals surface area (Å²) < 4.78 is 5.45. The Morgan fingerprint density at radius 1 is 1.43 bits per heavy atom. The Balaban J connectivity index is 1.99. The molecule has 0 spiro atoms. The van der Waals surface area contributed by atoms with Crippen LogP contribution in [0.25, 0.3) is 0 Å². The van der Waals surface area contributed by atoms with Crippen LogP contribution in [-0.4, -0.2) is 42.5 Å². The van der Waals surface area contributed by atoms with Crippen LogP contribution in [0.2, 0.25) is 0 Å². The molecule has 2 heterocycles. The first-order valence-corrected chi connectivity index (χ1v) is 7.19. The van der Waals surface area contributed by atoms with Gasteiger partial charge in [0, 0.05) is 30.7 Å². The predicted octanol–water partition coefficient (Wildman–Crippen LogP) is 1.39. The third-order valence-electron chi connectivity index (χ3n) is 3.75. The van der Waals surface area contributed by atoms with Crippen molar-refractivity contribution in [2.24, 2.45) is 0 Å². The van der Waals surface area contributed by atoms with Gasteiger partial charge in [0.2, 0.25) is 11.8 Å². The number of hydrogen-bond donors (Lipinski definition) is 2. The number of piperazine rings is 1. The van der Waals surface area contributed by atoms with Crippen molar-refractivity contribution in [1.82, 2.24) is 10.2 Å². The number of carbonyl (C=O) groups is 1. The zero-order valence-corrected chi connectivity index (χ0v) is 13.0. The molecular formula is C15H22N4O2. The number of rotatable bonds is 3. The van der Waals surface area contributed by atoms with E-state index in [4.69, 9.17) is 9.68 Å². The lowest BCUT2D eigenvalue weighted by atomic mass is 10.1. The summed E-state index contributed by atoms with van der Waals surface area (Å²) in [5.41, 5.74) is 1.18. The normalized spacial score (nSPS) is 22.8. The lowest BCUT2D eigenvalue weighted by Crippen LogP contribution is -2.55. The van der Waals surface area contributed by atoms with Gasteiger partial charge in [-0.05, 0) is 27.7 Å². The average molecular weight is 290 g/mol. The molecule has 6 heteroatoms. The Hall–Kier alpha value is -1.84. The molecule has 2 unspecified atom stereocenters. The molecular weight excluding hydrogens is 268 g/mol. The standard InChI is InChI=1S/C15H22N4O2/c1-9-6-19(7-10(2)17-9)8-14(20)18-15-13(5-16)11(3)12(4)21-15/h9-10,17H,6-8H2,1-4H3,(H,18,20). The van der Waals surface area contributed by atoms with Gasteiger partial charge in [0.15, 0.2) is 0 Å². The third-order valence-corrected chi connectivity index (χ3v) is 3.75. The van der Waals surface area contributed by atoms with E-state index in [9.17, 15) is 4.79 Å². The van der Waals surface area contributed by atoms with Gasteiger partial charge in [0.1, 0.15) is 17.4 Å². The van der Waals surface area contributed by atoms with Crippen molar-refractivity contribution < 1.29 is 9.21 Å². The first-order valence-electron chi connectivity index (χ1n) is 7.19. The van der Waals surface area contributed by atoms with E-state index in [-0.39, 0.29) is 11.8 Å². The Bertz CT molecular complexity index is 563. The number of aryl methyl sites for hydroxylation is 1. The lowest BCUT2D eigenvalue weighted by Gasteiger charge is -2.35. The molecule has 1 fully saturated rings. The Morgan fingerprint density at radius 2 is 2.05 bits per heavy atom. The SMILES string of the molecule is Cc1oc(NC(=O)CN2CC(C)NC(C)C2)c(C#N)c1C. The van der Waals surface area contributed by atoms with Crippen LogP contribution in [0.3, 0.4) is 0 Å². The number of nitrogens with one attached hydrogen (secondary N) is 2. The smallest absolute Gasteiger partial charge is 0.240 e. The summed E-state index contributed by atoms with van der Waals surface area (Å²) in [6.45, 7) is 9.78. The molecule has 1 saturated heterocycles. The molecule has 0 aromatic carbocycles. The summed E-state index contributed by atoms with van der Waals surface area (Å²) in [7, 11) is 0. The van der Waals surface area contributed by atoms with Crippen molar-refractivity contribution in [3.8, 4) is 6.07 Å². The van der Waals surface area contributed by atoms with Gasteiger partial charge in [-0.1, -0.05) is 0 Å². The number of nitriles is 1. The fraction of sp³-hybridized carbons (Fsp3) is 0.600. The third kappa shape index (κ3) is 3.63. The van der Waals surface area contributed by atoms with Crippen LogP contribution >= 0.6 is 0 Å². The van der Waals surface area contributed by atoms with Gasteiger partial charge < -0.3 is 9.73 Å². The molecule has 2 atom stereocenters. The second-order valence-corrected chi connectivity index (χ2v) is 5.81. The van der Waals surface area contributed by atoms with Crippen molar-refractivity contribution >= 4 is 11.8 Å². The van der Waals surface area contributed by atoms with Crippen LogP contribution in [0.1, 0.15) is 30.7 Å². The van der Waals surface area contributed by atoms with Crippen LogP contribution in [0, 0.1) is 25.2 Å². The second-order valence-electron chi connectivity index (χ2n) is 5.81. The van der Waals surface area contributed by atoms with E-state index < -0.39 is 0 Å². The maximum atomic E-state index is 12.1. The van der Waals surface area contributed by atoms with Crippen molar-refractivity contribution in [2.45, 2.75) is 39.8 Å². The lowest BCUT2D eigenvalue weighted by molar-refractivity contribution is -0.117. The summed E-state index contributed by atoms with van der Waals surface area (Å²) in [5, 5.41) is 15.3. The molecule has 1 aromatic rings. The molecule has 21 heavy (non-hydrogen) atoms. The molecule has 6 nitrogen and oxygen atoms in total. The van der Waals surface area contributed by atoms with Crippen molar-refractivity contribution in [2.75, 3.05) is 25.0 Å². The molecule has 1 amide bonds. The van der Waals surface area contributed by atoms with Gasteiger partial charge in [-0.15, -0.1) is 0 Å². The van der Waals surface area contributed by atoms with Crippen LogP contribution in [0.15, 0.2) is 4.42 Å². The van der Waals surface area contributed by atoms with E-state index in [1.54, 1.807) is 6.92 Å². The number of nitrogens with zero attached hydrogens (tertiary/aromatic N) is 2. The van der Waals surface area contributed by atoms with Crippen LogP contribution < -0.4 is 10.6 Å². The largest absolute Gasteiger partial charge is 0.444 e. The first kappa shape index (κ1) is 15.5. The number of anilines is 1. The fourth-order valence-electron chi connectivity index (χ4n) is 2.79. The van der Waals surface area contributed by atoms with Gasteiger partial charge in [-0.3, -0.25) is 15.0 Å². The Morgan fingerprint density at radius 3 is 2.62 bits per heavy atom. The fourth-order valence-corrected chi connectivity index (χ4v) is 2.79. The van der Waals surface area contributed by atoms with Crippen LogP contribution in [-0.2, 0) is 4.79 Å². The van der Waals surface area contributed by atoms with E-state index in [2.05, 4.69) is 35.5 Å². The molecule has 2 rings (SSSR count). The molecule has 2 N–H and O–H groups in total. The molecule has 0 saturated carbocycles. The van der Waals surface area contributed by atoms with Gasteiger partial charge in [0.05, 0.1) is 6.54 Å². The van der Waals surface area contributed by atoms with Crippen molar-refractivity contribution in [3.63, 3.8) is 0 Å². The minimum atomic E-state index is -0.151. The van der Waals surface area contributed by atoms with Crippen molar-refractivity contribution in [3.05, 3.63) is 16.9 Å². The van der Waals surface area contributed by atoms with E-state index in [1.807, 2.05) is 6.92 Å². The van der Waals surface area contributed by atoms with Gasteiger partial charge in [-0.2, -0.15) is 5.26 Å². The predicted molar refractivity (Wildman–Crippen MR) is 80.0 cm³/mol. The van der Waals surface area contributed by atoms with E-state index in [1.165, 1.54) is 0 Å². The minimum Gasteiger partial charge on any atom is -0.444 e. The van der Waals surface area contributed by atoms with E-state index >= 15 is 0 Å². The number of hydrogen-bond acceptors (Lipinski definition) is 5. The van der Waals surface area contributed by atoms with Gasteiger partial charge in [0.25, 0.3) is 0 Å². The highest BCUT2D eigenvalue weighted by molar-refractivity contribution is 5.92. The molecule has 1 aliphatic rings. The quantitative estimate of drug-likeness (QED) is 0.879. The molecule has 1 aliphatic heterocycles. The average Bonchev–Trinajstić information content (AvgIpc) is 2.62. The molecule has 1 aromatic heterocycles. The Labute approximate surface area is 125 Å². The maximum Gasteiger partial charge on any atom is 0.240 e. The Kier molecular flexibility index (Phi) is 4.66. The number of carbonyl (C=O) groups excluding carboxylic acids is 1. The molecule has 0 radical (unpaired) electrons. The highest BCUT2D eigenvalue weighted by atomic mass is 16.4. The molecule has 0 aliphatic carbocycles. The second kappa shape index (κ2) is 6.29. The van der Waals surface area contributed by atoms with Crippen LogP contribution in [0.4, 0.5) is 5.88 Å². The highest BCUT2D eigenvalue weighted by Crippen LogP contribution is 2.25. The zero-order valence-electron chi connectivity index (χ0n) is 13.0. The first-order chi connectivity index (χ1) is 9.90. The minimum absolute atomic E-state index is 0.151.